The number of aryl methyl sites for hydroxylation is 1. The van der Waals surface area contributed by atoms with Gasteiger partial charge in [0.1, 0.15) is 5.82 Å². The highest BCUT2D eigenvalue weighted by Crippen LogP contribution is 2.35. The smallest absolute Gasteiger partial charge is 0.150 e. The highest BCUT2D eigenvalue weighted by atomic mass is 19.1. The molecule has 1 aromatic rings. The zero-order valence-electron chi connectivity index (χ0n) is 9.35. The van der Waals surface area contributed by atoms with Crippen LogP contribution in [0.1, 0.15) is 25.0 Å². The first kappa shape index (κ1) is 12.1. The van der Waals surface area contributed by atoms with Crippen LogP contribution in [0, 0.1) is 18.7 Å². The minimum atomic E-state index is -1.65. The molecule has 0 aliphatic heterocycles. The molecule has 3 heteroatoms. The topological polar surface area (TPSA) is 26.0 Å². The third-order valence-corrected chi connectivity index (χ3v) is 2.86. The van der Waals surface area contributed by atoms with Crippen molar-refractivity contribution < 1.29 is 8.78 Å². The van der Waals surface area contributed by atoms with Gasteiger partial charge in [0.15, 0.2) is 5.67 Å². The second-order valence-corrected chi connectivity index (χ2v) is 4.18. The van der Waals surface area contributed by atoms with Gasteiger partial charge in [0.25, 0.3) is 0 Å². The second kappa shape index (κ2) is 4.27. The van der Waals surface area contributed by atoms with E-state index >= 15 is 0 Å². The summed E-state index contributed by atoms with van der Waals surface area (Å²) in [4.78, 5) is 0. The number of halogens is 2. The van der Waals surface area contributed by atoms with E-state index in [-0.39, 0.29) is 12.5 Å². The number of nitrogens with two attached hydrogens (primary N) is 1. The Kier molecular flexibility index (Phi) is 3.45. The summed E-state index contributed by atoms with van der Waals surface area (Å²) in [7, 11) is 0. The fraction of sp³-hybridized carbons (Fsp3) is 0.500. The Morgan fingerprint density at radius 3 is 2.47 bits per heavy atom. The van der Waals surface area contributed by atoms with E-state index in [1.54, 1.807) is 26.8 Å². The van der Waals surface area contributed by atoms with Crippen LogP contribution in [0.25, 0.3) is 0 Å². The molecule has 1 unspecified atom stereocenters. The van der Waals surface area contributed by atoms with Crippen LogP contribution in [-0.2, 0) is 5.67 Å². The standard InChI is InChI=1S/C12H17F2N/c1-8(2)12(14,7-15)11-6-10(13)5-4-9(11)3/h4-6,8H,7,15H2,1-3H3. The Balaban J connectivity index is 3.29. The van der Waals surface area contributed by atoms with Gasteiger partial charge >= 0.3 is 0 Å². The minimum absolute atomic E-state index is 0.130. The molecule has 84 valence electrons. The summed E-state index contributed by atoms with van der Waals surface area (Å²) in [6.07, 6.45) is 0. The van der Waals surface area contributed by atoms with Crippen LogP contribution >= 0.6 is 0 Å². The number of hydrogen-bond acceptors (Lipinski definition) is 1. The molecule has 1 nitrogen and oxygen atoms in total. The van der Waals surface area contributed by atoms with Crippen molar-refractivity contribution in [2.24, 2.45) is 11.7 Å². The van der Waals surface area contributed by atoms with Crippen LogP contribution in [0.4, 0.5) is 8.78 Å². The highest BCUT2D eigenvalue weighted by Gasteiger charge is 2.35. The molecule has 0 saturated carbocycles. The van der Waals surface area contributed by atoms with Gasteiger partial charge < -0.3 is 5.73 Å². The van der Waals surface area contributed by atoms with Gasteiger partial charge in [-0.05, 0) is 36.1 Å². The lowest BCUT2D eigenvalue weighted by Gasteiger charge is -2.29. The lowest BCUT2D eigenvalue weighted by Crippen LogP contribution is -2.36. The molecule has 0 fully saturated rings. The van der Waals surface area contributed by atoms with Crippen LogP contribution in [0.15, 0.2) is 18.2 Å². The molecule has 0 aliphatic carbocycles. The third kappa shape index (κ3) is 2.17. The van der Waals surface area contributed by atoms with Crippen molar-refractivity contribution in [1.29, 1.82) is 0 Å². The first-order valence-electron chi connectivity index (χ1n) is 5.07. The van der Waals surface area contributed by atoms with Crippen LogP contribution in [-0.4, -0.2) is 6.54 Å². The maximum atomic E-state index is 14.5. The molecule has 0 bridgehead atoms. The van der Waals surface area contributed by atoms with Gasteiger partial charge in [0, 0.05) is 6.54 Å². The Hall–Kier alpha value is -0.960. The average molecular weight is 213 g/mol. The van der Waals surface area contributed by atoms with E-state index in [4.69, 9.17) is 5.73 Å². The third-order valence-electron chi connectivity index (χ3n) is 2.86. The van der Waals surface area contributed by atoms with Crippen molar-refractivity contribution in [3.63, 3.8) is 0 Å². The molecule has 0 aromatic heterocycles. The molecule has 0 spiro atoms. The summed E-state index contributed by atoms with van der Waals surface area (Å²) < 4.78 is 27.6. The van der Waals surface area contributed by atoms with Crippen molar-refractivity contribution in [2.75, 3.05) is 6.54 Å². The molecular weight excluding hydrogens is 196 g/mol. The van der Waals surface area contributed by atoms with E-state index in [2.05, 4.69) is 0 Å². The van der Waals surface area contributed by atoms with Gasteiger partial charge in [0.2, 0.25) is 0 Å². The second-order valence-electron chi connectivity index (χ2n) is 4.18. The summed E-state index contributed by atoms with van der Waals surface area (Å²) in [5.74, 6) is -0.699. The monoisotopic (exact) mass is 213 g/mol. The molecule has 1 atom stereocenters. The van der Waals surface area contributed by atoms with Gasteiger partial charge in [-0.1, -0.05) is 19.9 Å². The minimum Gasteiger partial charge on any atom is -0.327 e. The summed E-state index contributed by atoms with van der Waals surface area (Å²) >= 11 is 0. The van der Waals surface area contributed by atoms with E-state index in [0.29, 0.717) is 5.56 Å². The summed E-state index contributed by atoms with van der Waals surface area (Å²) in [6, 6.07) is 4.15. The molecule has 0 aliphatic rings. The number of rotatable bonds is 3. The maximum Gasteiger partial charge on any atom is 0.150 e. The molecule has 0 amide bonds. The fourth-order valence-electron chi connectivity index (χ4n) is 1.70. The van der Waals surface area contributed by atoms with Crippen LogP contribution < -0.4 is 5.73 Å². The van der Waals surface area contributed by atoms with Crippen molar-refractivity contribution in [2.45, 2.75) is 26.4 Å². The van der Waals surface area contributed by atoms with E-state index in [0.717, 1.165) is 5.56 Å². The Morgan fingerprint density at radius 1 is 1.40 bits per heavy atom. The lowest BCUT2D eigenvalue weighted by molar-refractivity contribution is 0.108. The van der Waals surface area contributed by atoms with E-state index < -0.39 is 11.5 Å². The Morgan fingerprint density at radius 2 is 2.00 bits per heavy atom. The largest absolute Gasteiger partial charge is 0.327 e. The van der Waals surface area contributed by atoms with Gasteiger partial charge in [-0.3, -0.25) is 0 Å². The zero-order valence-corrected chi connectivity index (χ0v) is 9.35. The van der Waals surface area contributed by atoms with Crippen molar-refractivity contribution in [1.82, 2.24) is 0 Å². The maximum absolute atomic E-state index is 14.5. The molecule has 0 heterocycles. The Labute approximate surface area is 89.3 Å². The normalized spacial score (nSPS) is 15.4. The number of benzene rings is 1. The highest BCUT2D eigenvalue weighted by molar-refractivity contribution is 5.33. The molecular formula is C12H17F2N. The molecule has 2 N–H and O–H groups in total. The summed E-state index contributed by atoms with van der Waals surface area (Å²) in [5, 5.41) is 0. The molecule has 1 rings (SSSR count). The molecule has 1 aromatic carbocycles. The van der Waals surface area contributed by atoms with Gasteiger partial charge in [-0.25, -0.2) is 8.78 Å². The lowest BCUT2D eigenvalue weighted by atomic mass is 9.83. The Bertz CT molecular complexity index is 349. The number of hydrogen-bond donors (Lipinski definition) is 1. The molecule has 0 saturated heterocycles. The summed E-state index contributed by atoms with van der Waals surface area (Å²) in [5.41, 5.74) is 4.91. The fourth-order valence-corrected chi connectivity index (χ4v) is 1.70. The van der Waals surface area contributed by atoms with Gasteiger partial charge in [0.05, 0.1) is 0 Å². The van der Waals surface area contributed by atoms with Crippen molar-refractivity contribution in [3.05, 3.63) is 35.1 Å². The predicted octanol–water partition coefficient (Wildman–Crippen LogP) is 2.91. The summed E-state index contributed by atoms with van der Waals surface area (Å²) in [6.45, 7) is 5.13. The first-order chi connectivity index (χ1) is 6.91. The van der Waals surface area contributed by atoms with Crippen molar-refractivity contribution >= 4 is 0 Å². The molecule has 15 heavy (non-hydrogen) atoms. The van der Waals surface area contributed by atoms with E-state index in [1.807, 2.05) is 0 Å². The first-order valence-corrected chi connectivity index (χ1v) is 5.07. The predicted molar refractivity (Wildman–Crippen MR) is 57.8 cm³/mol. The van der Waals surface area contributed by atoms with Crippen molar-refractivity contribution in [3.8, 4) is 0 Å². The van der Waals surface area contributed by atoms with Gasteiger partial charge in [-0.2, -0.15) is 0 Å². The quantitative estimate of drug-likeness (QED) is 0.820. The number of alkyl halides is 1. The molecule has 0 radical (unpaired) electrons. The van der Waals surface area contributed by atoms with Crippen LogP contribution in [0.3, 0.4) is 0 Å². The average Bonchev–Trinajstić information content (AvgIpc) is 2.20. The van der Waals surface area contributed by atoms with E-state index in [9.17, 15) is 8.78 Å². The van der Waals surface area contributed by atoms with Crippen LogP contribution in [0.5, 0.6) is 0 Å². The zero-order chi connectivity index (χ0) is 11.6. The van der Waals surface area contributed by atoms with Gasteiger partial charge in [-0.15, -0.1) is 0 Å². The van der Waals surface area contributed by atoms with Crippen LogP contribution in [0.2, 0.25) is 0 Å². The SMILES string of the molecule is Cc1ccc(F)cc1C(F)(CN)C(C)C. The van der Waals surface area contributed by atoms with E-state index in [1.165, 1.54) is 12.1 Å².